The van der Waals surface area contributed by atoms with Gasteiger partial charge in [0.2, 0.25) is 5.91 Å². The standard InChI is InChI=1S/C20H24N6O2/c1-14-6-5-10-24(12-14)17-9-11-25-19(22-17)23-26(20(25)28)13-18(27)21-16-8-4-3-7-15(16)2/h3-4,7-9,11,14H,5-6,10,12-13H2,1-2H3,(H,21,27). The number of benzene rings is 1. The third-order valence-electron chi connectivity index (χ3n) is 5.13. The fourth-order valence-corrected chi connectivity index (χ4v) is 3.61. The summed E-state index contributed by atoms with van der Waals surface area (Å²) in [4.78, 5) is 31.7. The molecule has 0 bridgehead atoms. The molecule has 1 saturated heterocycles. The third kappa shape index (κ3) is 3.62. The second-order valence-electron chi connectivity index (χ2n) is 7.45. The molecular weight excluding hydrogens is 356 g/mol. The number of nitrogens with zero attached hydrogens (tertiary/aromatic N) is 5. The van der Waals surface area contributed by atoms with E-state index < -0.39 is 0 Å². The van der Waals surface area contributed by atoms with Crippen LogP contribution in [0.1, 0.15) is 25.3 Å². The molecule has 1 aromatic carbocycles. The number of fused-ring (bicyclic) bond motifs is 1. The van der Waals surface area contributed by atoms with Gasteiger partial charge < -0.3 is 10.2 Å². The van der Waals surface area contributed by atoms with E-state index in [9.17, 15) is 9.59 Å². The smallest absolute Gasteiger partial charge is 0.352 e. The van der Waals surface area contributed by atoms with Gasteiger partial charge in [0.05, 0.1) is 0 Å². The number of carbonyl (C=O) groups is 1. The van der Waals surface area contributed by atoms with E-state index in [0.717, 1.165) is 41.3 Å². The molecule has 1 aliphatic rings. The van der Waals surface area contributed by atoms with Gasteiger partial charge in [0.25, 0.3) is 5.78 Å². The molecule has 28 heavy (non-hydrogen) atoms. The van der Waals surface area contributed by atoms with Crippen LogP contribution in [0.3, 0.4) is 0 Å². The van der Waals surface area contributed by atoms with E-state index in [1.54, 1.807) is 6.20 Å². The number of para-hydroxylation sites is 1. The van der Waals surface area contributed by atoms with Crippen LogP contribution in [0.25, 0.3) is 5.78 Å². The molecule has 1 fully saturated rings. The first-order chi connectivity index (χ1) is 13.5. The van der Waals surface area contributed by atoms with E-state index in [-0.39, 0.29) is 18.1 Å². The molecule has 1 unspecified atom stereocenters. The summed E-state index contributed by atoms with van der Waals surface area (Å²) >= 11 is 0. The molecule has 8 nitrogen and oxygen atoms in total. The second kappa shape index (κ2) is 7.46. The molecule has 8 heteroatoms. The lowest BCUT2D eigenvalue weighted by Crippen LogP contribution is -2.35. The molecule has 4 rings (SSSR count). The lowest BCUT2D eigenvalue weighted by atomic mass is 10.0. The van der Waals surface area contributed by atoms with Crippen molar-refractivity contribution in [2.45, 2.75) is 33.2 Å². The zero-order valence-corrected chi connectivity index (χ0v) is 16.1. The summed E-state index contributed by atoms with van der Waals surface area (Å²) < 4.78 is 2.52. The zero-order valence-electron chi connectivity index (χ0n) is 16.1. The van der Waals surface area contributed by atoms with Gasteiger partial charge in [0.15, 0.2) is 0 Å². The van der Waals surface area contributed by atoms with Crippen molar-refractivity contribution in [3.8, 4) is 0 Å². The topological polar surface area (TPSA) is 84.5 Å². The van der Waals surface area contributed by atoms with Crippen LogP contribution in [-0.4, -0.2) is 38.2 Å². The number of aromatic nitrogens is 4. The van der Waals surface area contributed by atoms with E-state index in [4.69, 9.17) is 0 Å². The van der Waals surface area contributed by atoms with Gasteiger partial charge in [-0.25, -0.2) is 13.9 Å². The Morgan fingerprint density at radius 2 is 2.11 bits per heavy atom. The molecule has 0 aliphatic carbocycles. The van der Waals surface area contributed by atoms with Crippen molar-refractivity contribution in [3.05, 3.63) is 52.6 Å². The molecule has 0 spiro atoms. The normalized spacial score (nSPS) is 17.1. The number of aryl methyl sites for hydroxylation is 1. The summed E-state index contributed by atoms with van der Waals surface area (Å²) in [6.07, 6.45) is 4.04. The molecule has 3 heterocycles. The molecule has 1 amide bonds. The average molecular weight is 380 g/mol. The van der Waals surface area contributed by atoms with Crippen molar-refractivity contribution in [2.24, 2.45) is 5.92 Å². The van der Waals surface area contributed by atoms with Crippen molar-refractivity contribution >= 4 is 23.2 Å². The van der Waals surface area contributed by atoms with Crippen LogP contribution in [0.5, 0.6) is 0 Å². The number of amides is 1. The minimum absolute atomic E-state index is 0.160. The Kier molecular flexibility index (Phi) is 4.85. The van der Waals surface area contributed by atoms with Crippen molar-refractivity contribution in [3.63, 3.8) is 0 Å². The Labute approximate surface area is 162 Å². The second-order valence-corrected chi connectivity index (χ2v) is 7.45. The van der Waals surface area contributed by atoms with Gasteiger partial charge in [0, 0.05) is 25.0 Å². The van der Waals surface area contributed by atoms with E-state index in [0.29, 0.717) is 11.7 Å². The highest BCUT2D eigenvalue weighted by Gasteiger charge is 2.19. The fourth-order valence-electron chi connectivity index (χ4n) is 3.61. The average Bonchev–Trinajstić information content (AvgIpc) is 2.98. The molecule has 146 valence electrons. The minimum Gasteiger partial charge on any atom is -0.356 e. The number of piperidine rings is 1. The Morgan fingerprint density at radius 3 is 2.89 bits per heavy atom. The zero-order chi connectivity index (χ0) is 19.7. The first kappa shape index (κ1) is 18.2. The Bertz CT molecular complexity index is 1070. The number of hydrogen-bond acceptors (Lipinski definition) is 5. The largest absolute Gasteiger partial charge is 0.356 e. The lowest BCUT2D eigenvalue weighted by molar-refractivity contribution is -0.117. The summed E-state index contributed by atoms with van der Waals surface area (Å²) in [5, 5.41) is 7.08. The van der Waals surface area contributed by atoms with Gasteiger partial charge in [0.1, 0.15) is 12.4 Å². The molecule has 1 N–H and O–H groups in total. The number of carbonyl (C=O) groups excluding carboxylic acids is 1. The summed E-state index contributed by atoms with van der Waals surface area (Å²) in [6, 6.07) is 9.34. The lowest BCUT2D eigenvalue weighted by Gasteiger charge is -2.31. The summed E-state index contributed by atoms with van der Waals surface area (Å²) in [6.45, 7) is 5.90. The summed E-state index contributed by atoms with van der Waals surface area (Å²) in [5.41, 5.74) is 1.31. The maximum Gasteiger partial charge on any atom is 0.352 e. The first-order valence-corrected chi connectivity index (χ1v) is 9.58. The number of nitrogens with one attached hydrogen (secondary N) is 1. The maximum absolute atomic E-state index is 12.6. The van der Waals surface area contributed by atoms with Gasteiger partial charge in [-0.3, -0.25) is 4.79 Å². The molecule has 1 aliphatic heterocycles. The van der Waals surface area contributed by atoms with Crippen LogP contribution in [-0.2, 0) is 11.3 Å². The van der Waals surface area contributed by atoms with Crippen LogP contribution in [0.15, 0.2) is 41.3 Å². The minimum atomic E-state index is -0.374. The molecular formula is C20H24N6O2. The van der Waals surface area contributed by atoms with Crippen molar-refractivity contribution in [1.29, 1.82) is 0 Å². The van der Waals surface area contributed by atoms with Crippen LogP contribution >= 0.6 is 0 Å². The molecule has 3 aromatic rings. The highest BCUT2D eigenvalue weighted by molar-refractivity contribution is 5.91. The summed E-state index contributed by atoms with van der Waals surface area (Å²) in [5.74, 6) is 1.45. The van der Waals surface area contributed by atoms with Gasteiger partial charge >= 0.3 is 5.69 Å². The quantitative estimate of drug-likeness (QED) is 0.749. The Balaban J connectivity index is 1.55. The highest BCUT2D eigenvalue weighted by Crippen LogP contribution is 2.21. The van der Waals surface area contributed by atoms with Crippen molar-refractivity contribution in [2.75, 3.05) is 23.3 Å². The van der Waals surface area contributed by atoms with E-state index in [2.05, 4.69) is 27.2 Å². The molecule has 1 atom stereocenters. The Morgan fingerprint density at radius 1 is 1.29 bits per heavy atom. The van der Waals surface area contributed by atoms with Gasteiger partial charge in [-0.1, -0.05) is 25.1 Å². The van der Waals surface area contributed by atoms with Crippen LogP contribution in [0.2, 0.25) is 0 Å². The molecule has 0 radical (unpaired) electrons. The predicted octanol–water partition coefficient (Wildman–Crippen LogP) is 2.07. The van der Waals surface area contributed by atoms with Gasteiger partial charge in [-0.05, 0) is 43.4 Å². The van der Waals surface area contributed by atoms with Crippen LogP contribution < -0.4 is 15.9 Å². The number of rotatable bonds is 4. The maximum atomic E-state index is 12.6. The molecule has 0 saturated carbocycles. The van der Waals surface area contributed by atoms with E-state index in [1.165, 1.54) is 10.8 Å². The fraction of sp³-hybridized carbons (Fsp3) is 0.400. The van der Waals surface area contributed by atoms with Gasteiger partial charge in [-0.2, -0.15) is 4.98 Å². The summed E-state index contributed by atoms with van der Waals surface area (Å²) in [7, 11) is 0. The van der Waals surface area contributed by atoms with E-state index in [1.807, 2.05) is 37.3 Å². The first-order valence-electron chi connectivity index (χ1n) is 9.58. The molecule has 2 aromatic heterocycles. The van der Waals surface area contributed by atoms with Crippen molar-refractivity contribution in [1.82, 2.24) is 19.2 Å². The van der Waals surface area contributed by atoms with Crippen LogP contribution in [0.4, 0.5) is 11.5 Å². The third-order valence-corrected chi connectivity index (χ3v) is 5.13. The Hall–Kier alpha value is -3.16. The monoisotopic (exact) mass is 380 g/mol. The van der Waals surface area contributed by atoms with Gasteiger partial charge in [-0.15, -0.1) is 5.10 Å². The predicted molar refractivity (Wildman–Crippen MR) is 108 cm³/mol. The highest BCUT2D eigenvalue weighted by atomic mass is 16.2. The van der Waals surface area contributed by atoms with Crippen LogP contribution in [0, 0.1) is 12.8 Å². The SMILES string of the molecule is Cc1ccccc1NC(=O)Cn1nc2nc(N3CCCC(C)C3)ccn2c1=O. The van der Waals surface area contributed by atoms with Crippen molar-refractivity contribution < 1.29 is 4.79 Å². The number of hydrogen-bond donors (Lipinski definition) is 1. The number of anilines is 2. The van der Waals surface area contributed by atoms with E-state index >= 15 is 0 Å².